The van der Waals surface area contributed by atoms with Crippen LogP contribution in [0.4, 0.5) is 0 Å². The van der Waals surface area contributed by atoms with Crippen LogP contribution in [0.25, 0.3) is 0 Å². The summed E-state index contributed by atoms with van der Waals surface area (Å²) < 4.78 is 4.09. The topological polar surface area (TPSA) is 63.6 Å². The molecule has 1 N–H and O–H groups in total. The van der Waals surface area contributed by atoms with Gasteiger partial charge in [-0.05, 0) is 13.8 Å². The Labute approximate surface area is 85.3 Å². The van der Waals surface area contributed by atoms with Crippen LogP contribution in [-0.4, -0.2) is 17.0 Å². The monoisotopic (exact) mass is 250 g/mol. The molecule has 0 aromatic carbocycles. The van der Waals surface area contributed by atoms with E-state index in [1.807, 2.05) is 0 Å². The number of carboxylic acid groups (broad SMARTS) is 1. The van der Waals surface area contributed by atoms with Gasteiger partial charge >= 0.3 is 11.9 Å². The highest BCUT2D eigenvalue weighted by atomic mass is 79.9. The number of carbonyl (C=O) groups is 2. The number of carboxylic acids is 1. The van der Waals surface area contributed by atoms with Gasteiger partial charge < -0.3 is 8.93 Å². The molecule has 0 spiro atoms. The third-order valence-corrected chi connectivity index (χ3v) is 1.08. The fourth-order valence-electron chi connectivity index (χ4n) is 0.0659. The van der Waals surface area contributed by atoms with Gasteiger partial charge in [-0.15, -0.1) is 0 Å². The van der Waals surface area contributed by atoms with Crippen molar-refractivity contribution in [3.05, 3.63) is 24.3 Å². The predicted molar refractivity (Wildman–Crippen MR) is 52.3 cm³/mol. The van der Waals surface area contributed by atoms with Gasteiger partial charge in [0.1, 0.15) is 0 Å². The first kappa shape index (κ1) is 14.4. The molecule has 0 saturated heterocycles. The van der Waals surface area contributed by atoms with Crippen molar-refractivity contribution in [1.29, 1.82) is 0 Å². The lowest BCUT2D eigenvalue weighted by Crippen LogP contribution is -1.94. The first-order valence-electron chi connectivity index (χ1n) is 3.20. The van der Waals surface area contributed by atoms with Gasteiger partial charge in [0.15, 0.2) is 16.3 Å². The quantitative estimate of drug-likeness (QED) is 0.763. The molecule has 0 atom stereocenters. The normalized spacial score (nSPS) is 7.62. The van der Waals surface area contributed by atoms with Gasteiger partial charge in [0, 0.05) is 11.1 Å². The number of carbonyl (C=O) groups excluding carboxylic acids is 1. The van der Waals surface area contributed by atoms with Gasteiger partial charge in [-0.25, -0.2) is 9.59 Å². The Hall–Kier alpha value is -1.10. The highest BCUT2D eigenvalue weighted by molar-refractivity contribution is 9.06. The van der Waals surface area contributed by atoms with E-state index < -0.39 is 11.9 Å². The van der Waals surface area contributed by atoms with Crippen molar-refractivity contribution >= 4 is 28.2 Å². The van der Waals surface area contributed by atoms with Crippen LogP contribution >= 0.6 is 16.3 Å². The largest absolute Gasteiger partial charge is 0.478 e. The van der Waals surface area contributed by atoms with Crippen LogP contribution in [0.2, 0.25) is 0 Å². The first-order chi connectivity index (χ1) is 5.82. The number of hydrogen-bond acceptors (Lipinski definition) is 3. The summed E-state index contributed by atoms with van der Waals surface area (Å²) in [6, 6.07) is 0. The van der Waals surface area contributed by atoms with Crippen LogP contribution in [0.3, 0.4) is 0 Å². The van der Waals surface area contributed by atoms with Crippen LogP contribution in [-0.2, 0) is 13.4 Å². The van der Waals surface area contributed by atoms with Crippen molar-refractivity contribution < 1.29 is 18.5 Å². The molecule has 0 aromatic rings. The van der Waals surface area contributed by atoms with Crippen LogP contribution in [0.5, 0.6) is 0 Å². The number of rotatable bonds is 2. The first-order valence-corrected chi connectivity index (χ1v) is 3.84. The molecule has 0 bridgehead atoms. The van der Waals surface area contributed by atoms with Crippen molar-refractivity contribution in [1.82, 2.24) is 0 Å². The molecule has 0 amide bonds. The van der Waals surface area contributed by atoms with Gasteiger partial charge in [0.2, 0.25) is 0 Å². The van der Waals surface area contributed by atoms with Crippen LogP contribution in [0.1, 0.15) is 13.8 Å². The molecule has 0 rings (SSSR count). The molecule has 0 aromatic heterocycles. The van der Waals surface area contributed by atoms with E-state index in [4.69, 9.17) is 5.11 Å². The Morgan fingerprint density at radius 1 is 1.23 bits per heavy atom. The molecule has 0 aliphatic rings. The number of hydrogen-bond donors (Lipinski definition) is 1. The molecular formula is C8H11BrO4. The fourth-order valence-corrected chi connectivity index (χ4v) is 0.342. The van der Waals surface area contributed by atoms with Gasteiger partial charge in [-0.1, -0.05) is 13.2 Å². The Balaban J connectivity index is 0. The molecule has 0 aliphatic heterocycles. The molecule has 4 nitrogen and oxygen atoms in total. The van der Waals surface area contributed by atoms with E-state index in [9.17, 15) is 9.59 Å². The maximum Gasteiger partial charge on any atom is 0.344 e. The van der Waals surface area contributed by atoms with E-state index in [0.717, 1.165) is 0 Å². The fraction of sp³-hybridized carbons (Fsp3) is 0.250. The zero-order valence-electron chi connectivity index (χ0n) is 7.46. The van der Waals surface area contributed by atoms with Gasteiger partial charge in [0.05, 0.1) is 0 Å². The molecule has 13 heavy (non-hydrogen) atoms. The van der Waals surface area contributed by atoms with E-state index in [1.54, 1.807) is 6.92 Å². The van der Waals surface area contributed by atoms with Crippen LogP contribution in [0, 0.1) is 0 Å². The van der Waals surface area contributed by atoms with E-state index in [0.29, 0.717) is 5.57 Å². The Morgan fingerprint density at radius 2 is 1.54 bits per heavy atom. The van der Waals surface area contributed by atoms with Crippen molar-refractivity contribution in [3.63, 3.8) is 0 Å². The summed E-state index contributed by atoms with van der Waals surface area (Å²) in [5.41, 5.74) is 0.562. The van der Waals surface area contributed by atoms with E-state index >= 15 is 0 Å². The summed E-state index contributed by atoms with van der Waals surface area (Å²) >= 11 is 2.50. The molecule has 74 valence electrons. The lowest BCUT2D eigenvalue weighted by atomic mass is 10.4. The van der Waals surface area contributed by atoms with Crippen LogP contribution in [0.15, 0.2) is 24.3 Å². The summed E-state index contributed by atoms with van der Waals surface area (Å²) in [5, 5.41) is 7.89. The molecule has 0 radical (unpaired) electrons. The lowest BCUT2D eigenvalue weighted by Gasteiger charge is -1.88. The zero-order chi connectivity index (χ0) is 11.0. The van der Waals surface area contributed by atoms with Crippen LogP contribution < -0.4 is 0 Å². The van der Waals surface area contributed by atoms with Crippen molar-refractivity contribution in [3.8, 4) is 0 Å². The number of aliphatic carboxylic acids is 1. The second-order valence-electron chi connectivity index (χ2n) is 2.23. The predicted octanol–water partition coefficient (Wildman–Crippen LogP) is 2.06. The summed E-state index contributed by atoms with van der Waals surface area (Å²) in [5.74, 6) is -1.37. The molecule has 0 aliphatic carbocycles. The number of halogens is 1. The second-order valence-corrected chi connectivity index (χ2v) is 2.55. The van der Waals surface area contributed by atoms with Gasteiger partial charge in [-0.2, -0.15) is 0 Å². The molecular weight excluding hydrogens is 240 g/mol. The standard InChI is InChI=1S/C4H5BrO2.C4H6O2/c1-3(2)4(6)7-5;1-3(2)4(5)6/h1H2,2H3;1H2,2H3,(H,5,6). The van der Waals surface area contributed by atoms with Crippen molar-refractivity contribution in [2.24, 2.45) is 0 Å². The highest BCUT2D eigenvalue weighted by Crippen LogP contribution is 1.94. The summed E-state index contributed by atoms with van der Waals surface area (Å²) in [6.07, 6.45) is 0. The van der Waals surface area contributed by atoms with Gasteiger partial charge in [-0.3, -0.25) is 0 Å². The molecule has 0 unspecified atom stereocenters. The van der Waals surface area contributed by atoms with E-state index in [-0.39, 0.29) is 5.57 Å². The van der Waals surface area contributed by atoms with E-state index in [1.165, 1.54) is 6.92 Å². The SMILES string of the molecule is C=C(C)C(=O)O.C=C(C)C(=O)OBr. The summed E-state index contributed by atoms with van der Waals surface area (Å²) in [7, 11) is 0. The Morgan fingerprint density at radius 3 is 1.54 bits per heavy atom. The molecule has 5 heteroatoms. The summed E-state index contributed by atoms with van der Waals surface area (Å²) in [6.45, 7) is 9.50. The average Bonchev–Trinajstić information content (AvgIpc) is 2.03. The maximum atomic E-state index is 10.1. The van der Waals surface area contributed by atoms with Crippen molar-refractivity contribution in [2.45, 2.75) is 13.8 Å². The second kappa shape index (κ2) is 7.54. The maximum absolute atomic E-state index is 10.1. The molecule has 0 heterocycles. The van der Waals surface area contributed by atoms with Gasteiger partial charge in [0.25, 0.3) is 0 Å². The smallest absolute Gasteiger partial charge is 0.344 e. The minimum Gasteiger partial charge on any atom is -0.478 e. The minimum atomic E-state index is -0.935. The highest BCUT2D eigenvalue weighted by Gasteiger charge is 1.97. The zero-order valence-corrected chi connectivity index (χ0v) is 9.05. The Bertz CT molecular complexity index is 220. The molecule has 0 saturated carbocycles. The van der Waals surface area contributed by atoms with Crippen molar-refractivity contribution in [2.75, 3.05) is 0 Å². The Kier molecular flexibility index (Phi) is 8.37. The molecule has 0 fully saturated rings. The third kappa shape index (κ3) is 10.9. The minimum absolute atomic E-state index is 0.176. The van der Waals surface area contributed by atoms with E-state index in [2.05, 4.69) is 33.2 Å². The third-order valence-electron chi connectivity index (χ3n) is 0.784. The average molecular weight is 251 g/mol. The summed E-state index contributed by atoms with van der Waals surface area (Å²) in [4.78, 5) is 19.7. The lowest BCUT2D eigenvalue weighted by molar-refractivity contribution is -0.132.